The molecule has 9 nitrogen and oxygen atoms in total. The fraction of sp³-hybridized carbons (Fsp3) is 0. The van der Waals surface area contributed by atoms with Crippen LogP contribution < -0.4 is 0 Å². The van der Waals surface area contributed by atoms with Crippen molar-refractivity contribution in [1.82, 2.24) is 45.4 Å². The van der Waals surface area contributed by atoms with Crippen LogP contribution in [0, 0.1) is 0 Å². The molecule has 0 saturated heterocycles. The molecule has 6 rings (SSSR count). The summed E-state index contributed by atoms with van der Waals surface area (Å²) in [6.07, 6.45) is 3.34. The molecule has 3 aromatic carbocycles. The third kappa shape index (κ3) is 3.60. The van der Waals surface area contributed by atoms with Crippen molar-refractivity contribution >= 4 is 22.6 Å². The van der Waals surface area contributed by atoms with Crippen LogP contribution in [-0.4, -0.2) is 45.4 Å². The number of benzene rings is 3. The second-order valence-corrected chi connectivity index (χ2v) is 7.66. The van der Waals surface area contributed by atoms with Gasteiger partial charge in [-0.2, -0.15) is 5.21 Å². The number of nitrogens with one attached hydrogen (secondary N) is 1. The van der Waals surface area contributed by atoms with Crippen LogP contribution >= 0.6 is 11.6 Å². The molecule has 0 radical (unpaired) electrons. The van der Waals surface area contributed by atoms with Gasteiger partial charge in [0.25, 0.3) is 0 Å². The Labute approximate surface area is 192 Å². The van der Waals surface area contributed by atoms with Gasteiger partial charge in [-0.3, -0.25) is 9.97 Å². The van der Waals surface area contributed by atoms with Crippen molar-refractivity contribution < 1.29 is 0 Å². The predicted molar refractivity (Wildman–Crippen MR) is 124 cm³/mol. The zero-order chi connectivity index (χ0) is 22.2. The van der Waals surface area contributed by atoms with Gasteiger partial charge in [0.2, 0.25) is 5.82 Å². The van der Waals surface area contributed by atoms with E-state index in [0.717, 1.165) is 33.4 Å². The Morgan fingerprint density at radius 1 is 0.758 bits per heavy atom. The molecule has 0 amide bonds. The molecular formula is C23H14ClN9. The van der Waals surface area contributed by atoms with Crippen LogP contribution in [0.4, 0.5) is 0 Å². The van der Waals surface area contributed by atoms with Crippen molar-refractivity contribution in [3.63, 3.8) is 0 Å². The standard InChI is InChI=1S/C23H14ClN9/c24-17-7-4-14(5-8-17)21-27-23(16-6-9-19-20(13-16)26-11-10-25-19)33(30-21)18-3-1-2-15(12-18)22-28-31-32-29-22/h1-13H,(H,28,29,31,32). The van der Waals surface area contributed by atoms with Gasteiger partial charge in [0.1, 0.15) is 0 Å². The minimum absolute atomic E-state index is 0.498. The third-order valence-corrected chi connectivity index (χ3v) is 5.38. The lowest BCUT2D eigenvalue weighted by Crippen LogP contribution is -2.00. The van der Waals surface area contributed by atoms with E-state index in [0.29, 0.717) is 22.5 Å². The molecular weight excluding hydrogens is 438 g/mol. The van der Waals surface area contributed by atoms with E-state index in [1.165, 1.54) is 0 Å². The topological polar surface area (TPSA) is 111 Å². The number of rotatable bonds is 4. The summed E-state index contributed by atoms with van der Waals surface area (Å²) in [5, 5.41) is 19.8. The van der Waals surface area contributed by atoms with E-state index in [2.05, 4.69) is 30.6 Å². The van der Waals surface area contributed by atoms with Gasteiger partial charge in [0.05, 0.1) is 16.7 Å². The molecule has 0 bridgehead atoms. The van der Waals surface area contributed by atoms with E-state index >= 15 is 0 Å². The largest absolute Gasteiger partial charge is 0.253 e. The van der Waals surface area contributed by atoms with Crippen molar-refractivity contribution in [3.05, 3.63) is 84.1 Å². The number of tetrazole rings is 1. The minimum Gasteiger partial charge on any atom is -0.253 e. The third-order valence-electron chi connectivity index (χ3n) is 5.13. The number of fused-ring (bicyclic) bond motifs is 1. The lowest BCUT2D eigenvalue weighted by molar-refractivity contribution is 0.881. The molecule has 33 heavy (non-hydrogen) atoms. The quantitative estimate of drug-likeness (QED) is 0.423. The molecule has 0 atom stereocenters. The average molecular weight is 452 g/mol. The molecule has 0 unspecified atom stereocenters. The molecule has 0 spiro atoms. The summed E-state index contributed by atoms with van der Waals surface area (Å²) in [6.45, 7) is 0. The smallest absolute Gasteiger partial charge is 0.204 e. The number of halogens is 1. The molecule has 0 aliphatic rings. The van der Waals surface area contributed by atoms with Crippen molar-refractivity contribution in [1.29, 1.82) is 0 Å². The van der Waals surface area contributed by atoms with Crippen LogP contribution in [0.3, 0.4) is 0 Å². The molecule has 158 valence electrons. The van der Waals surface area contributed by atoms with Crippen LogP contribution in [0.5, 0.6) is 0 Å². The van der Waals surface area contributed by atoms with Crippen molar-refractivity contribution in [2.45, 2.75) is 0 Å². The summed E-state index contributed by atoms with van der Waals surface area (Å²) in [7, 11) is 0. The first kappa shape index (κ1) is 19.2. The van der Waals surface area contributed by atoms with Gasteiger partial charge in [-0.05, 0) is 59.8 Å². The van der Waals surface area contributed by atoms with E-state index in [-0.39, 0.29) is 0 Å². The molecule has 3 heterocycles. The van der Waals surface area contributed by atoms with Crippen LogP contribution in [0.25, 0.3) is 50.9 Å². The van der Waals surface area contributed by atoms with Crippen LogP contribution in [0.1, 0.15) is 0 Å². The monoisotopic (exact) mass is 451 g/mol. The van der Waals surface area contributed by atoms with Gasteiger partial charge >= 0.3 is 0 Å². The molecule has 3 aromatic heterocycles. The van der Waals surface area contributed by atoms with Gasteiger partial charge in [-0.25, -0.2) is 9.67 Å². The zero-order valence-electron chi connectivity index (χ0n) is 17.0. The van der Waals surface area contributed by atoms with E-state index in [1.54, 1.807) is 17.1 Å². The highest BCUT2D eigenvalue weighted by Gasteiger charge is 2.17. The lowest BCUT2D eigenvalue weighted by Gasteiger charge is -2.07. The molecule has 6 aromatic rings. The highest BCUT2D eigenvalue weighted by Crippen LogP contribution is 2.28. The van der Waals surface area contributed by atoms with E-state index in [1.807, 2.05) is 66.7 Å². The van der Waals surface area contributed by atoms with Gasteiger partial charge in [-0.15, -0.1) is 15.3 Å². The Morgan fingerprint density at radius 3 is 2.39 bits per heavy atom. The minimum atomic E-state index is 0.498. The Balaban J connectivity index is 1.54. The molecule has 10 heteroatoms. The lowest BCUT2D eigenvalue weighted by atomic mass is 10.1. The first-order chi connectivity index (χ1) is 16.2. The number of hydrogen-bond donors (Lipinski definition) is 1. The number of H-pyrrole nitrogens is 1. The molecule has 0 saturated carbocycles. The van der Waals surface area contributed by atoms with Gasteiger partial charge in [-0.1, -0.05) is 23.7 Å². The molecule has 0 aliphatic heterocycles. The van der Waals surface area contributed by atoms with E-state index in [4.69, 9.17) is 21.7 Å². The zero-order valence-corrected chi connectivity index (χ0v) is 17.7. The number of aromatic nitrogens is 9. The predicted octanol–water partition coefficient (Wildman–Crippen LogP) is 4.38. The van der Waals surface area contributed by atoms with Crippen LogP contribution in [0.2, 0.25) is 5.02 Å². The molecule has 0 aliphatic carbocycles. The summed E-state index contributed by atoms with van der Waals surface area (Å²) >= 11 is 6.07. The number of hydrogen-bond acceptors (Lipinski definition) is 7. The Kier molecular flexibility index (Phi) is 4.59. The summed E-state index contributed by atoms with van der Waals surface area (Å²) in [4.78, 5) is 13.7. The van der Waals surface area contributed by atoms with E-state index in [9.17, 15) is 0 Å². The number of aromatic amines is 1. The molecule has 0 fully saturated rings. The van der Waals surface area contributed by atoms with Crippen molar-refractivity contribution in [2.24, 2.45) is 0 Å². The first-order valence-corrected chi connectivity index (χ1v) is 10.4. The SMILES string of the molecule is Clc1ccc(-c2nc(-c3ccc4nccnc4c3)n(-c3cccc(-c4nn[nH]n4)c3)n2)cc1. The van der Waals surface area contributed by atoms with E-state index < -0.39 is 0 Å². The van der Waals surface area contributed by atoms with Gasteiger partial charge < -0.3 is 0 Å². The first-order valence-electron chi connectivity index (χ1n) is 10.0. The Hall–Kier alpha value is -4.50. The fourth-order valence-electron chi connectivity index (χ4n) is 3.56. The maximum atomic E-state index is 6.07. The average Bonchev–Trinajstić information content (AvgIpc) is 3.55. The number of nitrogens with zero attached hydrogens (tertiary/aromatic N) is 8. The van der Waals surface area contributed by atoms with Gasteiger partial charge in [0.15, 0.2) is 11.6 Å². The summed E-state index contributed by atoms with van der Waals surface area (Å²) in [5.41, 5.74) is 4.91. The summed E-state index contributed by atoms with van der Waals surface area (Å²) in [5.74, 6) is 1.74. The maximum Gasteiger partial charge on any atom is 0.204 e. The Bertz CT molecular complexity index is 1570. The van der Waals surface area contributed by atoms with Crippen molar-refractivity contribution in [3.8, 4) is 39.9 Å². The summed E-state index contributed by atoms with van der Waals surface area (Å²) in [6, 6.07) is 21.0. The summed E-state index contributed by atoms with van der Waals surface area (Å²) < 4.78 is 1.80. The second-order valence-electron chi connectivity index (χ2n) is 7.22. The second kappa shape index (κ2) is 7.88. The van der Waals surface area contributed by atoms with Gasteiger partial charge in [0, 0.05) is 34.1 Å². The highest BCUT2D eigenvalue weighted by atomic mass is 35.5. The maximum absolute atomic E-state index is 6.07. The van der Waals surface area contributed by atoms with Crippen LogP contribution in [-0.2, 0) is 0 Å². The molecule has 1 N–H and O–H groups in total. The fourth-order valence-corrected chi connectivity index (χ4v) is 3.69. The van der Waals surface area contributed by atoms with Crippen molar-refractivity contribution in [2.75, 3.05) is 0 Å². The Morgan fingerprint density at radius 2 is 1.58 bits per heavy atom. The normalized spacial score (nSPS) is 11.2. The van der Waals surface area contributed by atoms with Crippen LogP contribution in [0.15, 0.2) is 79.1 Å². The highest BCUT2D eigenvalue weighted by molar-refractivity contribution is 6.30.